The second-order valence-electron chi connectivity index (χ2n) is 7.56. The van der Waals surface area contributed by atoms with Gasteiger partial charge in [-0.2, -0.15) is 0 Å². The van der Waals surface area contributed by atoms with Crippen molar-refractivity contribution in [3.8, 4) is 22.9 Å². The zero-order valence-electron chi connectivity index (χ0n) is 17.5. The van der Waals surface area contributed by atoms with Crippen LogP contribution in [0.2, 0.25) is 0 Å². The Kier molecular flexibility index (Phi) is 5.46. The summed E-state index contributed by atoms with van der Waals surface area (Å²) in [5, 5.41) is 32.8. The number of aliphatic hydroxyl groups is 2. The van der Waals surface area contributed by atoms with Crippen LogP contribution in [-0.2, 0) is 23.5 Å². The number of anilines is 1. The van der Waals surface area contributed by atoms with Gasteiger partial charge in [-0.05, 0) is 18.6 Å². The van der Waals surface area contributed by atoms with Gasteiger partial charge >= 0.3 is 29.6 Å². The van der Waals surface area contributed by atoms with E-state index in [9.17, 15) is 24.9 Å². The normalized spacial score (nSPS) is 15.1. The molecule has 10 nitrogen and oxygen atoms in total. The first-order valence-electron chi connectivity index (χ1n) is 9.64. The predicted octanol–water partition coefficient (Wildman–Crippen LogP) is -3.42. The van der Waals surface area contributed by atoms with Gasteiger partial charge in [0.25, 0.3) is 5.56 Å². The Morgan fingerprint density at radius 1 is 1.34 bits per heavy atom. The van der Waals surface area contributed by atoms with Gasteiger partial charge in [0.05, 0.1) is 41.7 Å². The summed E-state index contributed by atoms with van der Waals surface area (Å²) >= 11 is 0. The molecule has 0 bridgehead atoms. The molecule has 0 radical (unpaired) electrons. The average molecular weight is 447 g/mol. The van der Waals surface area contributed by atoms with Crippen LogP contribution in [-0.4, -0.2) is 32.5 Å². The van der Waals surface area contributed by atoms with Gasteiger partial charge in [-0.3, -0.25) is 4.79 Å². The van der Waals surface area contributed by atoms with Crippen LogP contribution in [0.25, 0.3) is 22.3 Å². The summed E-state index contributed by atoms with van der Waals surface area (Å²) < 4.78 is 12.2. The number of carboxylic acid groups (broad SMARTS) is 1. The number of rotatable bonds is 4. The summed E-state index contributed by atoms with van der Waals surface area (Å²) in [5.41, 5.74) is 5.15. The molecule has 2 aromatic heterocycles. The number of carbonyl (C=O) groups excluding carboxylic acids is 1. The molecule has 1 aromatic carbocycles. The van der Waals surface area contributed by atoms with Crippen molar-refractivity contribution in [1.29, 1.82) is 0 Å². The van der Waals surface area contributed by atoms with Crippen LogP contribution < -0.4 is 55.4 Å². The summed E-state index contributed by atoms with van der Waals surface area (Å²) in [7, 11) is 0. The van der Waals surface area contributed by atoms with E-state index < -0.39 is 23.7 Å². The number of nitrogens with zero attached hydrogens (tertiary/aromatic N) is 2. The number of nitrogens with two attached hydrogens (primary N) is 1. The number of fused-ring (bicyclic) bond motifs is 5. The van der Waals surface area contributed by atoms with Crippen molar-refractivity contribution in [2.24, 2.45) is 0 Å². The Bertz CT molecular complexity index is 1350. The molecule has 160 valence electrons. The number of carbonyl (C=O) groups is 1. The second-order valence-corrected chi connectivity index (χ2v) is 7.56. The number of pyridine rings is 2. The molecule has 0 spiro atoms. The van der Waals surface area contributed by atoms with Crippen LogP contribution in [0.15, 0.2) is 23.0 Å². The molecule has 0 unspecified atom stereocenters. The largest absolute Gasteiger partial charge is 1.00 e. The van der Waals surface area contributed by atoms with Crippen molar-refractivity contribution in [3.05, 3.63) is 45.2 Å². The maximum Gasteiger partial charge on any atom is 1.00 e. The number of benzene rings is 1. The zero-order valence-corrected chi connectivity index (χ0v) is 19.5. The fourth-order valence-electron chi connectivity index (χ4n) is 4.27. The van der Waals surface area contributed by atoms with Gasteiger partial charge in [-0.1, -0.05) is 6.92 Å². The second kappa shape index (κ2) is 7.75. The van der Waals surface area contributed by atoms with Crippen LogP contribution in [0.4, 0.5) is 5.69 Å². The molecule has 0 fully saturated rings. The Morgan fingerprint density at radius 2 is 2.09 bits per heavy atom. The Morgan fingerprint density at radius 3 is 2.75 bits per heavy atom. The van der Waals surface area contributed by atoms with Crippen LogP contribution in [0, 0.1) is 0 Å². The average Bonchev–Trinajstić information content (AvgIpc) is 3.36. The number of carboxylic acids is 1. The third-order valence-corrected chi connectivity index (χ3v) is 6.00. The van der Waals surface area contributed by atoms with Crippen molar-refractivity contribution in [3.63, 3.8) is 0 Å². The molecule has 2 aliphatic heterocycles. The number of aromatic nitrogens is 2. The molecule has 11 heteroatoms. The van der Waals surface area contributed by atoms with Crippen molar-refractivity contribution in [2.75, 3.05) is 12.5 Å². The summed E-state index contributed by atoms with van der Waals surface area (Å²) in [6.07, 6.45) is -0.247. The number of aliphatic hydroxyl groups excluding tert-OH is 1. The molecule has 4 N–H and O–H groups in total. The fourth-order valence-corrected chi connectivity index (χ4v) is 4.27. The molecule has 4 heterocycles. The van der Waals surface area contributed by atoms with Crippen LogP contribution in [0.1, 0.15) is 30.0 Å². The van der Waals surface area contributed by atoms with Crippen molar-refractivity contribution >= 4 is 22.6 Å². The Labute approximate surface area is 203 Å². The Hall–Kier alpha value is -2.63. The summed E-state index contributed by atoms with van der Waals surface area (Å²) in [6, 6.07) is 4.86. The number of ether oxygens (including phenoxy) is 2. The molecule has 2 aliphatic rings. The molecule has 0 aliphatic carbocycles. The fraction of sp³-hybridized carbons (Fsp3) is 0.286. The van der Waals surface area contributed by atoms with E-state index in [2.05, 4.69) is 4.98 Å². The molecule has 3 aromatic rings. The van der Waals surface area contributed by atoms with Crippen LogP contribution in [0.3, 0.4) is 0 Å². The van der Waals surface area contributed by atoms with E-state index in [0.29, 0.717) is 45.0 Å². The predicted molar refractivity (Wildman–Crippen MR) is 106 cm³/mol. The number of hydrogen-bond acceptors (Lipinski definition) is 9. The molecular formula is C21H18N3NaO7. The van der Waals surface area contributed by atoms with E-state index in [0.717, 1.165) is 0 Å². The van der Waals surface area contributed by atoms with E-state index in [-0.39, 0.29) is 60.4 Å². The number of aliphatic carboxylic acids is 1. The summed E-state index contributed by atoms with van der Waals surface area (Å²) in [5.74, 6) is -0.852. The first-order chi connectivity index (χ1) is 14.8. The Balaban J connectivity index is 0.00000245. The first kappa shape index (κ1) is 22.6. The molecule has 0 saturated carbocycles. The first-order valence-corrected chi connectivity index (χ1v) is 9.64. The quantitative estimate of drug-likeness (QED) is 0.214. The smallest absolute Gasteiger partial charge is 0.547 e. The van der Waals surface area contributed by atoms with Gasteiger partial charge in [0.2, 0.25) is 6.79 Å². The minimum Gasteiger partial charge on any atom is -0.547 e. The number of nitrogen functional groups attached to an aromatic ring is 1. The van der Waals surface area contributed by atoms with Crippen molar-refractivity contribution < 1.29 is 59.1 Å². The minimum atomic E-state index is -2.43. The van der Waals surface area contributed by atoms with Gasteiger partial charge in [-0.15, -0.1) is 0 Å². The third kappa shape index (κ3) is 2.95. The standard InChI is InChI=1S/C21H19N3O7.Na/c1-2-21(29,20(27)28)12-4-14-17-9(6-24(14)19(26)11(12)7-25)3-10-13(23-17)5-15-18(16(10)22)31-8-30-15;/h3-5,25,29H,2,6-8,22H2,1H3,(H,27,28);/q;+1/p-1/t21-;/m0./s1. The molecule has 32 heavy (non-hydrogen) atoms. The maximum atomic E-state index is 13.1. The van der Waals surface area contributed by atoms with Gasteiger partial charge in [0.15, 0.2) is 11.5 Å². The van der Waals surface area contributed by atoms with E-state index in [4.69, 9.17) is 15.2 Å². The monoisotopic (exact) mass is 447 g/mol. The van der Waals surface area contributed by atoms with Crippen LogP contribution >= 0.6 is 0 Å². The van der Waals surface area contributed by atoms with E-state index in [1.54, 1.807) is 12.1 Å². The zero-order chi connectivity index (χ0) is 22.1. The molecule has 1 atom stereocenters. The molecule has 0 amide bonds. The molecule has 5 rings (SSSR count). The maximum absolute atomic E-state index is 13.1. The molecule has 0 saturated heterocycles. The molecular weight excluding hydrogens is 429 g/mol. The topological polar surface area (TPSA) is 160 Å². The van der Waals surface area contributed by atoms with Crippen LogP contribution in [0.5, 0.6) is 11.5 Å². The SMILES string of the molecule is CC[C@@](O)(C(=O)[O-])c1cc2n(c(=O)c1CO)Cc1cc3c(N)c4c(cc3nc1-2)OCO4.[Na+]. The van der Waals surface area contributed by atoms with Crippen molar-refractivity contribution in [1.82, 2.24) is 9.55 Å². The van der Waals surface area contributed by atoms with Gasteiger partial charge < -0.3 is 39.9 Å². The summed E-state index contributed by atoms with van der Waals surface area (Å²) in [6.45, 7) is 0.931. The van der Waals surface area contributed by atoms with Gasteiger partial charge in [0.1, 0.15) is 5.60 Å². The van der Waals surface area contributed by atoms with E-state index in [1.807, 2.05) is 0 Å². The van der Waals surface area contributed by atoms with Gasteiger partial charge in [-0.25, -0.2) is 4.98 Å². The van der Waals surface area contributed by atoms with E-state index in [1.165, 1.54) is 17.6 Å². The summed E-state index contributed by atoms with van der Waals surface area (Å²) in [4.78, 5) is 29.4. The third-order valence-electron chi connectivity index (χ3n) is 6.00. The number of hydrogen-bond donors (Lipinski definition) is 3. The minimum absolute atomic E-state index is 0. The van der Waals surface area contributed by atoms with Gasteiger partial charge in [0, 0.05) is 28.1 Å². The van der Waals surface area contributed by atoms with Crippen molar-refractivity contribution in [2.45, 2.75) is 32.1 Å². The van der Waals surface area contributed by atoms with E-state index >= 15 is 0 Å².